The first kappa shape index (κ1) is 8.69. The van der Waals surface area contributed by atoms with E-state index < -0.39 is 0 Å². The first-order valence-corrected chi connectivity index (χ1v) is 5.27. The fourth-order valence-corrected chi connectivity index (χ4v) is 2.14. The number of hydrogen-bond donors (Lipinski definition) is 1. The number of aldehydes is 1. The van der Waals surface area contributed by atoms with Crippen LogP contribution in [0.4, 0.5) is 5.13 Å². The van der Waals surface area contributed by atoms with Crippen molar-refractivity contribution in [2.45, 2.75) is 32.2 Å². The van der Waals surface area contributed by atoms with Gasteiger partial charge in [-0.25, -0.2) is 4.98 Å². The van der Waals surface area contributed by atoms with Gasteiger partial charge in [0.15, 0.2) is 5.13 Å². The van der Waals surface area contributed by atoms with Crippen LogP contribution in [0.15, 0.2) is 0 Å². The third-order valence-corrected chi connectivity index (χ3v) is 3.18. The Morgan fingerprint density at radius 1 is 1.69 bits per heavy atom. The average molecular weight is 196 g/mol. The number of rotatable bonds is 4. The second-order valence-electron chi connectivity index (χ2n) is 3.32. The van der Waals surface area contributed by atoms with Crippen molar-refractivity contribution in [2.24, 2.45) is 0 Å². The molecule has 13 heavy (non-hydrogen) atoms. The number of nitrogens with zero attached hydrogens (tertiary/aromatic N) is 1. The maximum atomic E-state index is 10.3. The molecule has 1 aromatic rings. The van der Waals surface area contributed by atoms with Crippen molar-refractivity contribution in [1.29, 1.82) is 0 Å². The molecule has 0 unspecified atom stereocenters. The van der Waals surface area contributed by atoms with Crippen LogP contribution in [-0.4, -0.2) is 17.3 Å². The van der Waals surface area contributed by atoms with E-state index in [-0.39, 0.29) is 0 Å². The summed E-state index contributed by atoms with van der Waals surface area (Å²) in [5.41, 5.74) is 0.986. The minimum absolute atomic E-state index is 0.496. The molecule has 0 atom stereocenters. The van der Waals surface area contributed by atoms with Gasteiger partial charge in [-0.15, -0.1) is 11.3 Å². The van der Waals surface area contributed by atoms with E-state index in [4.69, 9.17) is 0 Å². The molecule has 1 aliphatic carbocycles. The molecule has 0 saturated heterocycles. The van der Waals surface area contributed by atoms with E-state index in [0.29, 0.717) is 12.5 Å². The van der Waals surface area contributed by atoms with Crippen LogP contribution in [0.25, 0.3) is 0 Å². The Balaban J connectivity index is 2.08. The highest BCUT2D eigenvalue weighted by molar-refractivity contribution is 7.15. The zero-order chi connectivity index (χ0) is 9.26. The van der Waals surface area contributed by atoms with E-state index >= 15 is 0 Å². The number of thiazole rings is 1. The smallest absolute Gasteiger partial charge is 0.183 e. The van der Waals surface area contributed by atoms with E-state index in [2.05, 4.69) is 10.3 Å². The number of carbonyl (C=O) groups excluding carboxylic acids is 1. The largest absolute Gasteiger partial charge is 0.359 e. The maximum absolute atomic E-state index is 10.3. The molecule has 1 fully saturated rings. The Morgan fingerprint density at radius 2 is 2.46 bits per heavy atom. The highest BCUT2D eigenvalue weighted by Crippen LogP contribution is 2.29. The van der Waals surface area contributed by atoms with Crippen LogP contribution < -0.4 is 5.32 Å². The van der Waals surface area contributed by atoms with Crippen LogP contribution >= 0.6 is 11.3 Å². The summed E-state index contributed by atoms with van der Waals surface area (Å²) in [6, 6.07) is 0.634. The van der Waals surface area contributed by atoms with Crippen LogP contribution in [0.5, 0.6) is 0 Å². The fourth-order valence-electron chi connectivity index (χ4n) is 1.16. The number of aryl methyl sites for hydroxylation is 1. The minimum atomic E-state index is 0.496. The van der Waals surface area contributed by atoms with E-state index in [1.54, 1.807) is 11.3 Å². The maximum Gasteiger partial charge on any atom is 0.183 e. The second kappa shape index (κ2) is 3.46. The lowest BCUT2D eigenvalue weighted by Gasteiger charge is -1.95. The molecule has 0 radical (unpaired) electrons. The van der Waals surface area contributed by atoms with Gasteiger partial charge in [0.1, 0.15) is 6.29 Å². The molecule has 0 aromatic carbocycles. The first-order valence-electron chi connectivity index (χ1n) is 4.46. The molecule has 0 spiro atoms. The van der Waals surface area contributed by atoms with Gasteiger partial charge in [-0.1, -0.05) is 0 Å². The number of hydrogen-bond acceptors (Lipinski definition) is 4. The Kier molecular flexibility index (Phi) is 2.31. The van der Waals surface area contributed by atoms with Crippen molar-refractivity contribution in [3.05, 3.63) is 10.6 Å². The highest BCUT2D eigenvalue weighted by atomic mass is 32.1. The minimum Gasteiger partial charge on any atom is -0.359 e. The van der Waals surface area contributed by atoms with Gasteiger partial charge in [0.05, 0.1) is 5.69 Å². The SMILES string of the molecule is Cc1nc(NC2CC2)sc1CC=O. The van der Waals surface area contributed by atoms with E-state index in [0.717, 1.165) is 22.0 Å². The van der Waals surface area contributed by atoms with E-state index in [1.165, 1.54) is 12.8 Å². The van der Waals surface area contributed by atoms with E-state index in [1.807, 2.05) is 6.92 Å². The third-order valence-electron chi connectivity index (χ3n) is 2.07. The van der Waals surface area contributed by atoms with E-state index in [9.17, 15) is 4.79 Å². The third kappa shape index (κ3) is 2.06. The number of anilines is 1. The number of nitrogens with one attached hydrogen (secondary N) is 1. The summed E-state index contributed by atoms with van der Waals surface area (Å²) in [5.74, 6) is 0. The summed E-state index contributed by atoms with van der Waals surface area (Å²) in [6.45, 7) is 1.95. The number of aromatic nitrogens is 1. The molecule has 3 nitrogen and oxygen atoms in total. The average Bonchev–Trinajstić information content (AvgIpc) is 2.81. The zero-order valence-electron chi connectivity index (χ0n) is 7.54. The van der Waals surface area contributed by atoms with Crippen molar-refractivity contribution in [3.63, 3.8) is 0 Å². The summed E-state index contributed by atoms with van der Waals surface area (Å²) >= 11 is 1.60. The Bertz CT molecular complexity index is 317. The lowest BCUT2D eigenvalue weighted by Crippen LogP contribution is -1.99. The molecule has 0 bridgehead atoms. The monoisotopic (exact) mass is 196 g/mol. The number of carbonyl (C=O) groups is 1. The van der Waals surface area contributed by atoms with Crippen LogP contribution in [0.3, 0.4) is 0 Å². The van der Waals surface area contributed by atoms with Gasteiger partial charge in [0.25, 0.3) is 0 Å². The molecular weight excluding hydrogens is 184 g/mol. The molecule has 1 aliphatic rings. The molecule has 2 rings (SSSR count). The van der Waals surface area contributed by atoms with Crippen molar-refractivity contribution in [2.75, 3.05) is 5.32 Å². The Morgan fingerprint density at radius 3 is 3.08 bits per heavy atom. The molecule has 1 heterocycles. The molecule has 70 valence electrons. The van der Waals surface area contributed by atoms with Crippen LogP contribution in [0, 0.1) is 6.92 Å². The molecule has 4 heteroatoms. The molecular formula is C9H12N2OS. The van der Waals surface area contributed by atoms with Gasteiger partial charge in [0.2, 0.25) is 0 Å². The lowest BCUT2D eigenvalue weighted by molar-refractivity contribution is -0.107. The highest BCUT2D eigenvalue weighted by Gasteiger charge is 2.22. The Labute approximate surface area is 81.2 Å². The van der Waals surface area contributed by atoms with Crippen molar-refractivity contribution >= 4 is 22.8 Å². The zero-order valence-corrected chi connectivity index (χ0v) is 8.36. The quantitative estimate of drug-likeness (QED) is 0.746. The lowest BCUT2D eigenvalue weighted by atomic mass is 10.3. The fraction of sp³-hybridized carbons (Fsp3) is 0.556. The van der Waals surface area contributed by atoms with Crippen molar-refractivity contribution in [3.8, 4) is 0 Å². The van der Waals surface area contributed by atoms with Crippen LogP contribution in [-0.2, 0) is 11.2 Å². The molecule has 1 saturated carbocycles. The summed E-state index contributed by atoms with van der Waals surface area (Å²) in [4.78, 5) is 15.8. The standard InChI is InChI=1S/C9H12N2OS/c1-6-8(4-5-12)13-9(10-6)11-7-2-3-7/h5,7H,2-4H2,1H3,(H,10,11). The van der Waals surface area contributed by atoms with Gasteiger partial charge < -0.3 is 10.1 Å². The summed E-state index contributed by atoms with van der Waals surface area (Å²) in [7, 11) is 0. The topological polar surface area (TPSA) is 42.0 Å². The van der Waals surface area contributed by atoms with Gasteiger partial charge in [-0.3, -0.25) is 0 Å². The summed E-state index contributed by atoms with van der Waals surface area (Å²) in [6.07, 6.45) is 3.93. The Hall–Kier alpha value is -0.900. The molecule has 1 N–H and O–H groups in total. The summed E-state index contributed by atoms with van der Waals surface area (Å²) in [5, 5.41) is 4.30. The summed E-state index contributed by atoms with van der Waals surface area (Å²) < 4.78 is 0. The van der Waals surface area contributed by atoms with Gasteiger partial charge >= 0.3 is 0 Å². The van der Waals surface area contributed by atoms with Crippen LogP contribution in [0.2, 0.25) is 0 Å². The first-order chi connectivity index (χ1) is 6.29. The van der Waals surface area contributed by atoms with Gasteiger partial charge in [-0.05, 0) is 19.8 Å². The van der Waals surface area contributed by atoms with Crippen molar-refractivity contribution in [1.82, 2.24) is 4.98 Å². The van der Waals surface area contributed by atoms with Gasteiger partial charge in [0, 0.05) is 17.3 Å². The second-order valence-corrected chi connectivity index (χ2v) is 4.40. The van der Waals surface area contributed by atoms with Crippen LogP contribution in [0.1, 0.15) is 23.4 Å². The van der Waals surface area contributed by atoms with Gasteiger partial charge in [-0.2, -0.15) is 0 Å². The molecule has 0 aliphatic heterocycles. The molecule has 0 amide bonds. The normalized spacial score (nSPS) is 15.8. The predicted molar refractivity (Wildman–Crippen MR) is 53.3 cm³/mol. The molecule has 1 aromatic heterocycles. The van der Waals surface area contributed by atoms with Crippen molar-refractivity contribution < 1.29 is 4.79 Å². The predicted octanol–water partition coefficient (Wildman–Crippen LogP) is 1.77.